The van der Waals surface area contributed by atoms with Crippen molar-refractivity contribution in [2.45, 2.75) is 39.0 Å². The first-order valence-electron chi connectivity index (χ1n) is 12.3. The van der Waals surface area contributed by atoms with Crippen LogP contribution in [-0.4, -0.2) is 42.6 Å². The summed E-state index contributed by atoms with van der Waals surface area (Å²) in [6.45, 7) is 8.48. The second-order valence-electron chi connectivity index (χ2n) is 10.0. The molecule has 4 rings (SSSR count). The number of ether oxygens (including phenoxy) is 3. The molecule has 0 saturated carbocycles. The predicted octanol–water partition coefficient (Wildman–Crippen LogP) is 6.32. The lowest BCUT2D eigenvalue weighted by atomic mass is 10.1. The van der Waals surface area contributed by atoms with Crippen LogP contribution in [0.3, 0.4) is 0 Å². The monoisotopic (exact) mass is 515 g/mol. The van der Waals surface area contributed by atoms with Gasteiger partial charge in [0.2, 0.25) is 0 Å². The molecule has 0 radical (unpaired) electrons. The van der Waals surface area contributed by atoms with Gasteiger partial charge in [-0.2, -0.15) is 0 Å². The Bertz CT molecular complexity index is 1300. The van der Waals surface area contributed by atoms with Crippen molar-refractivity contribution >= 4 is 14.4 Å². The Morgan fingerprint density at radius 3 is 2.24 bits per heavy atom. The lowest BCUT2D eigenvalue weighted by Gasteiger charge is -2.16. The molecule has 0 aliphatic carbocycles. The van der Waals surface area contributed by atoms with E-state index in [0.717, 1.165) is 46.2 Å². The molecule has 0 spiro atoms. The van der Waals surface area contributed by atoms with Gasteiger partial charge in [0.05, 0.1) is 12.8 Å². The first kappa shape index (κ1) is 26.3. The van der Waals surface area contributed by atoms with E-state index in [1.165, 1.54) is 0 Å². The molecule has 0 amide bonds. The Morgan fingerprint density at radius 1 is 0.919 bits per heavy atom. The van der Waals surface area contributed by atoms with Crippen molar-refractivity contribution < 1.29 is 19.0 Å². The summed E-state index contributed by atoms with van der Waals surface area (Å²) in [5.41, 5.74) is 4.09. The molecule has 0 aliphatic heterocycles. The molecule has 2 heterocycles. The molecule has 0 unspecified atom stereocenters. The first-order valence-corrected chi connectivity index (χ1v) is 16.0. The highest BCUT2D eigenvalue weighted by molar-refractivity contribution is 6.76. The zero-order valence-electron chi connectivity index (χ0n) is 21.8. The summed E-state index contributed by atoms with van der Waals surface area (Å²) in [5, 5.41) is 0. The standard InChI is InChI=1S/C29H33N3O4Si/c1-34-26-10-5-22(6-11-26)20-36-27-12-7-23(8-13-27)28-14-9-24(17-30-28)29-31-25(19-33)18-32(29)21-35-15-16-37(2,3)4/h5-14,17-19H,15-16,20-21H2,1-4H3. The Kier molecular flexibility index (Phi) is 8.53. The summed E-state index contributed by atoms with van der Waals surface area (Å²) in [7, 11) is 0.484. The Labute approximate surface area is 219 Å². The van der Waals surface area contributed by atoms with E-state index < -0.39 is 8.07 Å². The first-order chi connectivity index (χ1) is 17.8. The van der Waals surface area contributed by atoms with Crippen molar-refractivity contribution in [1.29, 1.82) is 0 Å². The predicted molar refractivity (Wildman–Crippen MR) is 148 cm³/mol. The molecule has 0 aliphatic rings. The van der Waals surface area contributed by atoms with Crippen LogP contribution < -0.4 is 9.47 Å². The Balaban J connectivity index is 1.40. The van der Waals surface area contributed by atoms with E-state index in [0.29, 0.717) is 31.5 Å². The third-order valence-electron chi connectivity index (χ3n) is 5.88. The number of aldehydes is 1. The van der Waals surface area contributed by atoms with Crippen LogP contribution in [-0.2, 0) is 18.1 Å². The fourth-order valence-corrected chi connectivity index (χ4v) is 4.43. The smallest absolute Gasteiger partial charge is 0.170 e. The molecule has 0 N–H and O–H groups in total. The number of rotatable bonds is 12. The third kappa shape index (κ3) is 7.38. The summed E-state index contributed by atoms with van der Waals surface area (Å²) < 4.78 is 18.8. The van der Waals surface area contributed by atoms with Gasteiger partial charge in [0.1, 0.15) is 36.4 Å². The second-order valence-corrected chi connectivity index (χ2v) is 15.6. The van der Waals surface area contributed by atoms with Gasteiger partial charge in [-0.15, -0.1) is 0 Å². The zero-order valence-corrected chi connectivity index (χ0v) is 22.8. The highest BCUT2D eigenvalue weighted by atomic mass is 28.3. The highest BCUT2D eigenvalue weighted by Gasteiger charge is 2.14. The number of benzene rings is 2. The normalized spacial score (nSPS) is 11.4. The molecule has 37 heavy (non-hydrogen) atoms. The van der Waals surface area contributed by atoms with Gasteiger partial charge >= 0.3 is 0 Å². The summed E-state index contributed by atoms with van der Waals surface area (Å²) >= 11 is 0. The molecule has 8 heteroatoms. The highest BCUT2D eigenvalue weighted by Crippen LogP contribution is 2.25. The van der Waals surface area contributed by atoms with Crippen LogP contribution >= 0.6 is 0 Å². The van der Waals surface area contributed by atoms with E-state index in [2.05, 4.69) is 29.6 Å². The summed E-state index contributed by atoms with van der Waals surface area (Å²) in [6.07, 6.45) is 4.25. The molecule has 0 atom stereocenters. The zero-order chi connectivity index (χ0) is 26.3. The maximum Gasteiger partial charge on any atom is 0.170 e. The number of pyridine rings is 1. The van der Waals surface area contributed by atoms with Crippen molar-refractivity contribution in [2.75, 3.05) is 13.7 Å². The largest absolute Gasteiger partial charge is 0.497 e. The van der Waals surface area contributed by atoms with Gasteiger partial charge < -0.3 is 18.8 Å². The summed E-state index contributed by atoms with van der Waals surface area (Å²) in [6, 6.07) is 20.7. The van der Waals surface area contributed by atoms with Crippen LogP contribution in [0.4, 0.5) is 0 Å². The lowest BCUT2D eigenvalue weighted by molar-refractivity contribution is 0.0882. The molecule has 0 bridgehead atoms. The van der Waals surface area contributed by atoms with E-state index in [1.807, 2.05) is 65.2 Å². The Morgan fingerprint density at radius 2 is 1.62 bits per heavy atom. The molecule has 2 aromatic heterocycles. The van der Waals surface area contributed by atoms with E-state index in [1.54, 1.807) is 19.5 Å². The van der Waals surface area contributed by atoms with Crippen LogP contribution in [0, 0.1) is 0 Å². The molecule has 192 valence electrons. The second kappa shape index (κ2) is 12.0. The van der Waals surface area contributed by atoms with Gasteiger partial charge in [-0.05, 0) is 60.1 Å². The van der Waals surface area contributed by atoms with Gasteiger partial charge in [-0.3, -0.25) is 9.78 Å². The number of carbonyl (C=O) groups excluding carboxylic acids is 1. The van der Waals surface area contributed by atoms with E-state index in [-0.39, 0.29) is 0 Å². The maximum atomic E-state index is 11.3. The fourth-order valence-electron chi connectivity index (χ4n) is 3.67. The minimum atomic E-state index is -1.17. The van der Waals surface area contributed by atoms with Crippen molar-refractivity contribution in [2.24, 2.45) is 0 Å². The van der Waals surface area contributed by atoms with Crippen LogP contribution in [0.15, 0.2) is 73.1 Å². The quantitative estimate of drug-likeness (QED) is 0.125. The number of imidazole rings is 1. The van der Waals surface area contributed by atoms with E-state index >= 15 is 0 Å². The SMILES string of the molecule is COc1ccc(COc2ccc(-c3ccc(-c4nc(C=O)cn4COCC[Si](C)(C)C)cn3)cc2)cc1. The summed E-state index contributed by atoms with van der Waals surface area (Å²) in [4.78, 5) is 20.4. The number of hydrogen-bond donors (Lipinski definition) is 0. The number of aromatic nitrogens is 3. The van der Waals surface area contributed by atoms with Crippen LogP contribution in [0.1, 0.15) is 16.1 Å². The van der Waals surface area contributed by atoms with Crippen LogP contribution in [0.5, 0.6) is 11.5 Å². The van der Waals surface area contributed by atoms with Gasteiger partial charge in [-0.1, -0.05) is 31.8 Å². The molecular weight excluding hydrogens is 482 g/mol. The van der Waals surface area contributed by atoms with Gasteiger partial charge in [0.15, 0.2) is 6.29 Å². The molecule has 4 aromatic rings. The number of carbonyl (C=O) groups is 1. The van der Waals surface area contributed by atoms with Crippen molar-refractivity contribution in [3.63, 3.8) is 0 Å². The van der Waals surface area contributed by atoms with Gasteiger partial charge in [0, 0.05) is 38.2 Å². The average Bonchev–Trinajstić information content (AvgIpc) is 3.33. The lowest BCUT2D eigenvalue weighted by Crippen LogP contribution is -2.22. The Hall–Kier alpha value is -3.75. The average molecular weight is 516 g/mol. The van der Waals surface area contributed by atoms with Crippen molar-refractivity contribution in [3.8, 4) is 34.1 Å². The van der Waals surface area contributed by atoms with Crippen molar-refractivity contribution in [1.82, 2.24) is 14.5 Å². The molecular formula is C29H33N3O4Si. The number of hydrogen-bond acceptors (Lipinski definition) is 6. The van der Waals surface area contributed by atoms with Crippen molar-refractivity contribution in [3.05, 3.63) is 84.3 Å². The van der Waals surface area contributed by atoms with Gasteiger partial charge in [-0.25, -0.2) is 4.98 Å². The minimum absolute atomic E-state index is 0.348. The van der Waals surface area contributed by atoms with Gasteiger partial charge in [0.25, 0.3) is 0 Å². The number of nitrogens with zero attached hydrogens (tertiary/aromatic N) is 3. The van der Waals surface area contributed by atoms with Crippen LogP contribution in [0.25, 0.3) is 22.6 Å². The topological polar surface area (TPSA) is 75.5 Å². The molecule has 0 fully saturated rings. The van der Waals surface area contributed by atoms with E-state index in [4.69, 9.17) is 14.2 Å². The molecule has 7 nitrogen and oxygen atoms in total. The summed E-state index contributed by atoms with van der Waals surface area (Å²) in [5.74, 6) is 2.27. The maximum absolute atomic E-state index is 11.3. The minimum Gasteiger partial charge on any atom is -0.497 e. The van der Waals surface area contributed by atoms with Crippen LogP contribution in [0.2, 0.25) is 25.7 Å². The molecule has 0 saturated heterocycles. The number of methoxy groups -OCH3 is 1. The molecule has 2 aromatic carbocycles. The third-order valence-corrected chi connectivity index (χ3v) is 7.58. The van der Waals surface area contributed by atoms with E-state index in [9.17, 15) is 4.79 Å². The fraction of sp³-hybridized carbons (Fsp3) is 0.276.